The second-order valence-electron chi connectivity index (χ2n) is 3.22. The summed E-state index contributed by atoms with van der Waals surface area (Å²) in [6, 6.07) is -1.40. The molecule has 0 aromatic heterocycles. The molecule has 0 bridgehead atoms. The predicted molar refractivity (Wildman–Crippen MR) is 58.3 cm³/mol. The minimum absolute atomic E-state index is 0.280. The highest BCUT2D eigenvalue weighted by molar-refractivity contribution is 5.90. The maximum atomic E-state index is 11.3. The summed E-state index contributed by atoms with van der Waals surface area (Å²) in [5, 5.41) is 13.0. The second-order valence-corrected chi connectivity index (χ2v) is 3.22. The van der Waals surface area contributed by atoms with Crippen LogP contribution in [0, 0.1) is 0 Å². The van der Waals surface area contributed by atoms with E-state index in [9.17, 15) is 19.2 Å². The fourth-order valence-corrected chi connectivity index (χ4v) is 0.946. The molecule has 0 aromatic carbocycles. The topological polar surface area (TPSA) is 148 Å². The lowest BCUT2D eigenvalue weighted by molar-refractivity contribution is -0.148. The Morgan fingerprint density at radius 2 is 1.89 bits per heavy atom. The van der Waals surface area contributed by atoms with Gasteiger partial charge in [0, 0.05) is 0 Å². The van der Waals surface area contributed by atoms with Crippen LogP contribution in [0.25, 0.3) is 0 Å². The first kappa shape index (κ1) is 15.8. The molecule has 0 radical (unpaired) electrons. The normalized spacial score (nSPS) is 11.2. The van der Waals surface area contributed by atoms with E-state index < -0.39 is 42.8 Å². The molecule has 0 aliphatic heterocycles. The largest absolute Gasteiger partial charge is 0.480 e. The van der Waals surface area contributed by atoms with Crippen molar-refractivity contribution in [3.63, 3.8) is 0 Å². The van der Waals surface area contributed by atoms with Crippen molar-refractivity contribution in [2.75, 3.05) is 20.2 Å². The standard InChI is InChI=1S/C9H15N3O6/c1-18-8(15)2-5(9(16)17)12-7(14)4-11-6(13)3-10/h5H,2-4,10H2,1H3,(H,11,13)(H,12,14)(H,16,17)/t5-/m0/s1. The molecule has 9 nitrogen and oxygen atoms in total. The minimum atomic E-state index is -1.40. The Bertz CT molecular complexity index is 343. The summed E-state index contributed by atoms with van der Waals surface area (Å²) in [6.07, 6.45) is -0.498. The Labute approximate surface area is 103 Å². The van der Waals surface area contributed by atoms with Crippen molar-refractivity contribution in [1.29, 1.82) is 0 Å². The molecule has 0 aliphatic carbocycles. The van der Waals surface area contributed by atoms with Crippen LogP contribution in [-0.2, 0) is 23.9 Å². The van der Waals surface area contributed by atoms with Gasteiger partial charge >= 0.3 is 11.9 Å². The van der Waals surface area contributed by atoms with Crippen LogP contribution in [0.15, 0.2) is 0 Å². The van der Waals surface area contributed by atoms with Crippen molar-refractivity contribution in [2.45, 2.75) is 12.5 Å². The van der Waals surface area contributed by atoms with E-state index in [1.54, 1.807) is 0 Å². The molecule has 0 rings (SSSR count). The van der Waals surface area contributed by atoms with Gasteiger partial charge in [-0.2, -0.15) is 0 Å². The highest BCUT2D eigenvalue weighted by Gasteiger charge is 2.23. The molecule has 0 spiro atoms. The maximum absolute atomic E-state index is 11.3. The van der Waals surface area contributed by atoms with E-state index in [0.29, 0.717) is 0 Å². The summed E-state index contributed by atoms with van der Waals surface area (Å²) in [6.45, 7) is -0.696. The summed E-state index contributed by atoms with van der Waals surface area (Å²) < 4.78 is 4.29. The molecule has 0 saturated carbocycles. The fourth-order valence-electron chi connectivity index (χ4n) is 0.946. The number of carboxylic acid groups (broad SMARTS) is 1. The van der Waals surface area contributed by atoms with E-state index in [0.717, 1.165) is 7.11 Å². The van der Waals surface area contributed by atoms with Crippen LogP contribution in [-0.4, -0.2) is 55.1 Å². The van der Waals surface area contributed by atoms with E-state index in [1.165, 1.54) is 0 Å². The number of methoxy groups -OCH3 is 1. The van der Waals surface area contributed by atoms with E-state index in [1.807, 2.05) is 0 Å². The van der Waals surface area contributed by atoms with E-state index >= 15 is 0 Å². The molecule has 1 atom stereocenters. The van der Waals surface area contributed by atoms with Gasteiger partial charge < -0.3 is 26.2 Å². The lowest BCUT2D eigenvalue weighted by atomic mass is 10.2. The van der Waals surface area contributed by atoms with Gasteiger partial charge in [-0.15, -0.1) is 0 Å². The number of carbonyl (C=O) groups is 4. The molecular weight excluding hydrogens is 246 g/mol. The molecule has 0 heterocycles. The van der Waals surface area contributed by atoms with E-state index in [4.69, 9.17) is 10.8 Å². The molecule has 0 aromatic rings. The summed E-state index contributed by atoms with van der Waals surface area (Å²) in [7, 11) is 1.10. The molecule has 0 aliphatic rings. The molecule has 102 valence electrons. The highest BCUT2D eigenvalue weighted by atomic mass is 16.5. The number of esters is 1. The molecule has 2 amide bonds. The van der Waals surface area contributed by atoms with Gasteiger partial charge in [-0.25, -0.2) is 4.79 Å². The van der Waals surface area contributed by atoms with E-state index in [2.05, 4.69) is 15.4 Å². The molecule has 9 heteroatoms. The van der Waals surface area contributed by atoms with E-state index in [-0.39, 0.29) is 6.54 Å². The Kier molecular flexibility index (Phi) is 7.05. The van der Waals surface area contributed by atoms with Gasteiger partial charge in [-0.1, -0.05) is 0 Å². The lowest BCUT2D eigenvalue weighted by Crippen LogP contribution is -2.47. The average molecular weight is 261 g/mol. The van der Waals surface area contributed by atoms with Crippen molar-refractivity contribution in [3.8, 4) is 0 Å². The number of carbonyl (C=O) groups excluding carboxylic acids is 3. The minimum Gasteiger partial charge on any atom is -0.480 e. The van der Waals surface area contributed by atoms with Gasteiger partial charge in [0.25, 0.3) is 0 Å². The van der Waals surface area contributed by atoms with Crippen LogP contribution in [0.2, 0.25) is 0 Å². The van der Waals surface area contributed by atoms with Crippen LogP contribution in [0.5, 0.6) is 0 Å². The lowest BCUT2D eigenvalue weighted by Gasteiger charge is -2.13. The number of ether oxygens (including phenoxy) is 1. The third-order valence-corrected chi connectivity index (χ3v) is 1.86. The Morgan fingerprint density at radius 3 is 2.33 bits per heavy atom. The van der Waals surface area contributed by atoms with Gasteiger partial charge in [0.2, 0.25) is 11.8 Å². The smallest absolute Gasteiger partial charge is 0.326 e. The Hall–Kier alpha value is -2.16. The number of hydrogen-bond donors (Lipinski definition) is 4. The maximum Gasteiger partial charge on any atom is 0.326 e. The first-order valence-corrected chi connectivity index (χ1v) is 4.96. The first-order valence-electron chi connectivity index (χ1n) is 4.96. The van der Waals surface area contributed by atoms with Crippen molar-refractivity contribution in [3.05, 3.63) is 0 Å². The van der Waals surface area contributed by atoms with Crippen LogP contribution < -0.4 is 16.4 Å². The third kappa shape index (κ3) is 6.43. The van der Waals surface area contributed by atoms with Crippen molar-refractivity contribution >= 4 is 23.8 Å². The Balaban J connectivity index is 4.24. The monoisotopic (exact) mass is 261 g/mol. The zero-order valence-corrected chi connectivity index (χ0v) is 9.76. The summed E-state index contributed by atoms with van der Waals surface area (Å²) in [5.74, 6) is -3.44. The summed E-state index contributed by atoms with van der Waals surface area (Å²) in [4.78, 5) is 43.7. The van der Waals surface area contributed by atoms with Crippen molar-refractivity contribution < 1.29 is 29.0 Å². The molecule has 18 heavy (non-hydrogen) atoms. The summed E-state index contributed by atoms with van der Waals surface area (Å²) in [5.41, 5.74) is 4.99. The first-order chi connectivity index (χ1) is 8.40. The number of nitrogens with two attached hydrogens (primary N) is 1. The summed E-state index contributed by atoms with van der Waals surface area (Å²) >= 11 is 0. The van der Waals surface area contributed by atoms with Crippen molar-refractivity contribution in [2.24, 2.45) is 5.73 Å². The third-order valence-electron chi connectivity index (χ3n) is 1.86. The molecule has 0 saturated heterocycles. The van der Waals surface area contributed by atoms with Gasteiger partial charge in [0.05, 0.1) is 26.6 Å². The van der Waals surface area contributed by atoms with Crippen LogP contribution >= 0.6 is 0 Å². The number of aliphatic carboxylic acids is 1. The average Bonchev–Trinajstić information content (AvgIpc) is 2.34. The van der Waals surface area contributed by atoms with Gasteiger partial charge in [0.15, 0.2) is 0 Å². The number of amides is 2. The zero-order chi connectivity index (χ0) is 14.1. The predicted octanol–water partition coefficient (Wildman–Crippen LogP) is -2.81. The van der Waals surface area contributed by atoms with Crippen LogP contribution in [0.4, 0.5) is 0 Å². The molecule has 0 fully saturated rings. The highest BCUT2D eigenvalue weighted by Crippen LogP contribution is 1.94. The van der Waals surface area contributed by atoms with Gasteiger partial charge in [0.1, 0.15) is 6.04 Å². The molecule has 0 unspecified atom stereocenters. The molecular formula is C9H15N3O6. The molecule has 5 N–H and O–H groups in total. The number of rotatable bonds is 7. The van der Waals surface area contributed by atoms with Crippen LogP contribution in [0.1, 0.15) is 6.42 Å². The zero-order valence-electron chi connectivity index (χ0n) is 9.76. The van der Waals surface area contributed by atoms with Crippen LogP contribution in [0.3, 0.4) is 0 Å². The Morgan fingerprint density at radius 1 is 1.28 bits per heavy atom. The SMILES string of the molecule is COC(=O)C[C@H](NC(=O)CNC(=O)CN)C(=O)O. The number of carboxylic acids is 1. The number of hydrogen-bond acceptors (Lipinski definition) is 6. The van der Waals surface area contributed by atoms with Gasteiger partial charge in [-0.05, 0) is 0 Å². The fraction of sp³-hybridized carbons (Fsp3) is 0.556. The van der Waals surface area contributed by atoms with Gasteiger partial charge in [-0.3, -0.25) is 14.4 Å². The van der Waals surface area contributed by atoms with Crippen molar-refractivity contribution in [1.82, 2.24) is 10.6 Å². The number of nitrogens with one attached hydrogen (secondary N) is 2. The quantitative estimate of drug-likeness (QED) is 0.361. The second kappa shape index (κ2) is 8.01.